The third-order valence-electron chi connectivity index (χ3n) is 4.52. The van der Waals surface area contributed by atoms with E-state index in [9.17, 15) is 9.59 Å². The predicted octanol–water partition coefficient (Wildman–Crippen LogP) is 2.21. The Kier molecular flexibility index (Phi) is 9.57. The highest BCUT2D eigenvalue weighted by Gasteiger charge is 2.14. The maximum absolute atomic E-state index is 12.6. The van der Waals surface area contributed by atoms with E-state index in [2.05, 4.69) is 10.6 Å². The fourth-order valence-electron chi connectivity index (χ4n) is 2.96. The van der Waals surface area contributed by atoms with Gasteiger partial charge in [-0.2, -0.15) is 0 Å². The molecule has 32 heavy (non-hydrogen) atoms. The molecule has 0 radical (unpaired) electrons. The van der Waals surface area contributed by atoms with E-state index in [1.165, 1.54) is 0 Å². The Labute approximate surface area is 187 Å². The topological polar surface area (TPSA) is 95.1 Å². The van der Waals surface area contributed by atoms with Crippen LogP contribution >= 0.6 is 0 Å². The molecular weight excluding hydrogens is 412 g/mol. The van der Waals surface area contributed by atoms with Gasteiger partial charge in [0.1, 0.15) is 24.7 Å². The number of carbonyl (C=O) groups excluding carboxylic acids is 2. The Balaban J connectivity index is 1.64. The molecule has 2 aromatic carbocycles. The average molecular weight is 440 g/mol. The summed E-state index contributed by atoms with van der Waals surface area (Å²) >= 11 is 0. The van der Waals surface area contributed by atoms with E-state index in [-0.39, 0.29) is 24.9 Å². The van der Waals surface area contributed by atoms with Gasteiger partial charge < -0.3 is 29.6 Å². The van der Waals surface area contributed by atoms with Gasteiger partial charge in [-0.05, 0) is 24.3 Å². The quantitative estimate of drug-likeness (QED) is 0.610. The van der Waals surface area contributed by atoms with Crippen LogP contribution in [0.25, 0.3) is 0 Å². The van der Waals surface area contributed by atoms with E-state index in [4.69, 9.17) is 18.9 Å². The van der Waals surface area contributed by atoms with E-state index in [0.29, 0.717) is 62.3 Å². The van der Waals surface area contributed by atoms with Crippen LogP contribution in [0.1, 0.15) is 20.7 Å². The zero-order chi connectivity index (χ0) is 22.4. The van der Waals surface area contributed by atoms with Crippen molar-refractivity contribution >= 4 is 11.8 Å². The van der Waals surface area contributed by atoms with Gasteiger partial charge in [0.25, 0.3) is 11.8 Å². The monoisotopic (exact) mass is 440 g/mol. The second kappa shape index (κ2) is 13.1. The Morgan fingerprint density at radius 1 is 0.594 bits per heavy atom. The summed E-state index contributed by atoms with van der Waals surface area (Å²) in [6.07, 6.45) is 3.74. The summed E-state index contributed by atoms with van der Waals surface area (Å²) in [5, 5.41) is 5.60. The molecule has 0 saturated carbocycles. The highest BCUT2D eigenvalue weighted by atomic mass is 16.5. The van der Waals surface area contributed by atoms with E-state index in [1.54, 1.807) is 48.5 Å². The smallest absolute Gasteiger partial charge is 0.255 e. The number of nitrogens with one attached hydrogen (secondary N) is 2. The van der Waals surface area contributed by atoms with Crippen LogP contribution in [0.2, 0.25) is 0 Å². The van der Waals surface area contributed by atoms with Gasteiger partial charge in [0.15, 0.2) is 0 Å². The molecule has 2 N–H and O–H groups in total. The van der Waals surface area contributed by atoms with E-state index in [1.807, 2.05) is 12.2 Å². The molecule has 1 aliphatic heterocycles. The standard InChI is InChI=1S/C24H28N2O6/c27-23-19-7-1-3-9-21(19)31-17-15-29-13-5-6-14-30-16-18-32-22-10-4-2-8-20(22)24(28)26-12-11-25-23/h1-10H,11-18H2,(H,25,27)(H,26,28)/b6-5-. The molecule has 0 bridgehead atoms. The highest BCUT2D eigenvalue weighted by molar-refractivity contribution is 5.98. The summed E-state index contributed by atoms with van der Waals surface area (Å²) in [7, 11) is 0. The number of carbonyl (C=O) groups is 2. The molecule has 1 heterocycles. The van der Waals surface area contributed by atoms with Gasteiger partial charge in [-0.25, -0.2) is 0 Å². The zero-order valence-electron chi connectivity index (χ0n) is 17.9. The van der Waals surface area contributed by atoms with Crippen molar-refractivity contribution in [3.63, 3.8) is 0 Å². The predicted molar refractivity (Wildman–Crippen MR) is 119 cm³/mol. The SMILES string of the molecule is O=C1NCCNC(=O)c2ccccc2OCCOC/C=C\COCCOc2ccccc21. The third-order valence-corrected chi connectivity index (χ3v) is 4.52. The van der Waals surface area contributed by atoms with Crippen molar-refractivity contribution in [3.05, 3.63) is 71.8 Å². The summed E-state index contributed by atoms with van der Waals surface area (Å²) < 4.78 is 22.4. The molecule has 3 rings (SSSR count). The lowest BCUT2D eigenvalue weighted by molar-refractivity contribution is 0.0914. The zero-order valence-corrected chi connectivity index (χ0v) is 17.9. The van der Waals surface area contributed by atoms with Crippen LogP contribution in [-0.2, 0) is 9.47 Å². The molecule has 1 aliphatic rings. The number of amides is 2. The fraction of sp³-hybridized carbons (Fsp3) is 0.333. The Morgan fingerprint density at radius 2 is 1.03 bits per heavy atom. The Hall–Kier alpha value is -3.36. The normalized spacial score (nSPS) is 18.1. The third kappa shape index (κ3) is 7.40. The number of ether oxygens (including phenoxy) is 4. The van der Waals surface area contributed by atoms with Gasteiger partial charge >= 0.3 is 0 Å². The molecule has 2 aromatic rings. The van der Waals surface area contributed by atoms with E-state index >= 15 is 0 Å². The summed E-state index contributed by atoms with van der Waals surface area (Å²) in [5.74, 6) is 0.416. The molecule has 8 heteroatoms. The lowest BCUT2D eigenvalue weighted by Crippen LogP contribution is -2.35. The van der Waals surface area contributed by atoms with Crippen molar-refractivity contribution < 1.29 is 28.5 Å². The van der Waals surface area contributed by atoms with Crippen molar-refractivity contribution in [1.29, 1.82) is 0 Å². The van der Waals surface area contributed by atoms with Gasteiger partial charge in [-0.15, -0.1) is 0 Å². The summed E-state index contributed by atoms with van der Waals surface area (Å²) in [5.41, 5.74) is 0.855. The molecule has 170 valence electrons. The molecule has 0 fully saturated rings. The lowest BCUT2D eigenvalue weighted by Gasteiger charge is -2.13. The molecule has 0 unspecified atom stereocenters. The van der Waals surface area contributed by atoms with E-state index in [0.717, 1.165) is 0 Å². The fourth-order valence-corrected chi connectivity index (χ4v) is 2.96. The first-order valence-corrected chi connectivity index (χ1v) is 10.6. The van der Waals surface area contributed by atoms with Crippen LogP contribution < -0.4 is 20.1 Å². The molecule has 8 nitrogen and oxygen atoms in total. The minimum atomic E-state index is -0.274. The number of fused-ring (bicyclic) bond motifs is 2. The number of hydrogen-bond donors (Lipinski definition) is 2. The number of rotatable bonds is 0. The van der Waals surface area contributed by atoms with Crippen molar-refractivity contribution in [2.75, 3.05) is 52.7 Å². The number of benzene rings is 2. The van der Waals surface area contributed by atoms with Crippen molar-refractivity contribution in [2.45, 2.75) is 0 Å². The first-order chi connectivity index (χ1) is 15.8. The molecule has 0 aromatic heterocycles. The van der Waals surface area contributed by atoms with Crippen molar-refractivity contribution in [2.24, 2.45) is 0 Å². The Morgan fingerprint density at radius 3 is 1.50 bits per heavy atom. The number of hydrogen-bond acceptors (Lipinski definition) is 6. The summed E-state index contributed by atoms with van der Waals surface area (Å²) in [4.78, 5) is 25.1. The van der Waals surface area contributed by atoms with Crippen molar-refractivity contribution in [1.82, 2.24) is 10.6 Å². The van der Waals surface area contributed by atoms with Gasteiger partial charge in [0.05, 0.1) is 37.6 Å². The lowest BCUT2D eigenvalue weighted by atomic mass is 10.2. The second-order valence-electron chi connectivity index (χ2n) is 6.82. The Bertz CT molecular complexity index is 841. The summed E-state index contributed by atoms with van der Waals surface area (Å²) in [6.45, 7) is 2.84. The van der Waals surface area contributed by atoms with Gasteiger partial charge in [0, 0.05) is 13.1 Å². The number of para-hydroxylation sites is 2. The van der Waals surface area contributed by atoms with E-state index < -0.39 is 0 Å². The molecule has 0 spiro atoms. The van der Waals surface area contributed by atoms with Crippen LogP contribution in [0.3, 0.4) is 0 Å². The highest BCUT2D eigenvalue weighted by Crippen LogP contribution is 2.18. The second-order valence-corrected chi connectivity index (χ2v) is 6.82. The maximum Gasteiger partial charge on any atom is 0.255 e. The van der Waals surface area contributed by atoms with Crippen LogP contribution in [0.15, 0.2) is 60.7 Å². The maximum atomic E-state index is 12.6. The molecule has 2 amide bonds. The minimum absolute atomic E-state index is 0.269. The molecule has 0 saturated heterocycles. The minimum Gasteiger partial charge on any atom is -0.490 e. The van der Waals surface area contributed by atoms with Gasteiger partial charge in [-0.1, -0.05) is 36.4 Å². The first-order valence-electron chi connectivity index (χ1n) is 10.6. The van der Waals surface area contributed by atoms with Gasteiger partial charge in [-0.3, -0.25) is 9.59 Å². The van der Waals surface area contributed by atoms with Crippen molar-refractivity contribution in [3.8, 4) is 11.5 Å². The largest absolute Gasteiger partial charge is 0.490 e. The molecular formula is C24H28N2O6. The van der Waals surface area contributed by atoms with Crippen LogP contribution in [0.4, 0.5) is 0 Å². The summed E-state index contributed by atoms with van der Waals surface area (Å²) in [6, 6.07) is 14.0. The van der Waals surface area contributed by atoms with Crippen LogP contribution in [0, 0.1) is 0 Å². The molecule has 0 aliphatic carbocycles. The average Bonchev–Trinajstić information content (AvgIpc) is 2.82. The first kappa shape index (κ1) is 23.3. The molecule has 0 atom stereocenters. The van der Waals surface area contributed by atoms with Crippen LogP contribution in [0.5, 0.6) is 11.5 Å². The van der Waals surface area contributed by atoms with Gasteiger partial charge in [0.2, 0.25) is 0 Å². The van der Waals surface area contributed by atoms with Crippen LogP contribution in [-0.4, -0.2) is 64.5 Å².